The summed E-state index contributed by atoms with van der Waals surface area (Å²) in [5.74, 6) is -1.57. The first-order valence-corrected chi connectivity index (χ1v) is 10.8. The van der Waals surface area contributed by atoms with Crippen LogP contribution in [0.1, 0.15) is 11.3 Å². The number of carboxylic acids is 1. The molecular formula is C25H28N4O4. The van der Waals surface area contributed by atoms with Crippen molar-refractivity contribution >= 4 is 33.7 Å². The number of benzene rings is 2. The van der Waals surface area contributed by atoms with E-state index in [9.17, 15) is 19.8 Å². The first-order chi connectivity index (χ1) is 15.6. The van der Waals surface area contributed by atoms with Crippen molar-refractivity contribution in [1.82, 2.24) is 15.3 Å². The van der Waals surface area contributed by atoms with E-state index in [1.807, 2.05) is 57.5 Å². The van der Waals surface area contributed by atoms with Crippen LogP contribution in [-0.2, 0) is 22.4 Å². The van der Waals surface area contributed by atoms with E-state index < -0.39 is 18.1 Å². The largest absolute Gasteiger partial charge is 0.548 e. The molecule has 0 saturated carbocycles. The van der Waals surface area contributed by atoms with Gasteiger partial charge in [0.2, 0.25) is 0 Å². The summed E-state index contributed by atoms with van der Waals surface area (Å²) in [7, 11) is 5.67. The molecular weight excluding hydrogens is 420 g/mol. The van der Waals surface area contributed by atoms with Crippen LogP contribution in [0.25, 0.3) is 21.8 Å². The third kappa shape index (κ3) is 4.70. The monoisotopic (exact) mass is 448 g/mol. The lowest BCUT2D eigenvalue weighted by atomic mass is 10.0. The fourth-order valence-electron chi connectivity index (χ4n) is 4.22. The zero-order valence-electron chi connectivity index (χ0n) is 18.9. The fraction of sp³-hybridized carbons (Fsp3) is 0.280. The van der Waals surface area contributed by atoms with Crippen LogP contribution in [0.2, 0.25) is 0 Å². The highest BCUT2D eigenvalue weighted by Gasteiger charge is 2.34. The highest BCUT2D eigenvalue weighted by molar-refractivity contribution is 5.90. The number of carbonyl (C=O) groups is 2. The van der Waals surface area contributed by atoms with E-state index in [4.69, 9.17) is 0 Å². The number of phenols is 1. The Kier molecular flexibility index (Phi) is 5.86. The summed E-state index contributed by atoms with van der Waals surface area (Å²) in [4.78, 5) is 31.4. The summed E-state index contributed by atoms with van der Waals surface area (Å²) in [6, 6.07) is 13.0. The van der Waals surface area contributed by atoms with E-state index in [2.05, 4.69) is 15.3 Å². The van der Waals surface area contributed by atoms with Gasteiger partial charge in [-0.1, -0.05) is 30.3 Å². The Hall–Kier alpha value is -3.78. The Morgan fingerprint density at radius 2 is 1.85 bits per heavy atom. The van der Waals surface area contributed by atoms with Crippen molar-refractivity contribution in [2.24, 2.45) is 0 Å². The van der Waals surface area contributed by atoms with Gasteiger partial charge in [-0.2, -0.15) is 0 Å². The quantitative estimate of drug-likeness (QED) is 0.305. The minimum absolute atomic E-state index is 0.0908. The zero-order chi connectivity index (χ0) is 23.8. The average molecular weight is 449 g/mol. The molecule has 2 aromatic carbocycles. The van der Waals surface area contributed by atoms with E-state index in [1.54, 1.807) is 18.3 Å². The lowest BCUT2D eigenvalue weighted by Gasteiger charge is -2.34. The average Bonchev–Trinajstić information content (AvgIpc) is 3.34. The molecule has 2 unspecified atom stereocenters. The molecule has 0 aliphatic carbocycles. The van der Waals surface area contributed by atoms with E-state index in [1.165, 1.54) is 0 Å². The molecule has 8 nitrogen and oxygen atoms in total. The number of aromatic amines is 2. The first-order valence-electron chi connectivity index (χ1n) is 10.8. The Bertz CT molecular complexity index is 1280. The molecule has 0 saturated heterocycles. The third-order valence-corrected chi connectivity index (χ3v) is 6.04. The lowest BCUT2D eigenvalue weighted by molar-refractivity contribution is -0.886. The van der Waals surface area contributed by atoms with Crippen molar-refractivity contribution in [1.29, 1.82) is 0 Å². The number of H-pyrrole nitrogens is 2. The topological polar surface area (TPSA) is 121 Å². The molecule has 4 N–H and O–H groups in total. The second-order valence-corrected chi connectivity index (χ2v) is 9.32. The van der Waals surface area contributed by atoms with Crippen LogP contribution in [0.5, 0.6) is 5.75 Å². The van der Waals surface area contributed by atoms with Gasteiger partial charge in [-0.3, -0.25) is 4.79 Å². The molecule has 0 aliphatic rings. The second-order valence-electron chi connectivity index (χ2n) is 9.32. The van der Waals surface area contributed by atoms with Crippen LogP contribution >= 0.6 is 0 Å². The van der Waals surface area contributed by atoms with Gasteiger partial charge in [0.1, 0.15) is 5.75 Å². The number of likely N-dealkylation sites (N-methyl/N-ethyl adjacent to an activating group) is 1. The standard InChI is InChI=1S/C25H28N4O4/c1-29(2,3)21(12-16-14-26-23-18(16)8-6-10-22(23)30)24(31)28-20(25(32)33)13-17-11-15-7-4-5-9-19(15)27-17/h4-11,14,20-21,26-27H,12-13H2,1-3H3,(H2-,28,30,31,32,33). The molecule has 4 rings (SSSR count). The number of phenolic OH excluding ortho intramolecular Hbond substituents is 1. The Morgan fingerprint density at radius 1 is 1.09 bits per heavy atom. The van der Waals surface area contributed by atoms with E-state index in [0.717, 1.165) is 21.9 Å². The van der Waals surface area contributed by atoms with Crippen molar-refractivity contribution in [3.05, 3.63) is 66.0 Å². The van der Waals surface area contributed by atoms with Crippen molar-refractivity contribution in [3.63, 3.8) is 0 Å². The number of carboxylic acid groups (broad SMARTS) is 1. The predicted molar refractivity (Wildman–Crippen MR) is 124 cm³/mol. The highest BCUT2D eigenvalue weighted by Crippen LogP contribution is 2.28. The van der Waals surface area contributed by atoms with Crippen molar-refractivity contribution in [3.8, 4) is 5.75 Å². The number of aliphatic carboxylic acids is 1. The van der Waals surface area contributed by atoms with Crippen molar-refractivity contribution in [2.45, 2.75) is 24.9 Å². The van der Waals surface area contributed by atoms with Gasteiger partial charge in [0, 0.05) is 35.6 Å². The van der Waals surface area contributed by atoms with Gasteiger partial charge >= 0.3 is 0 Å². The molecule has 2 aromatic heterocycles. The summed E-state index contributed by atoms with van der Waals surface area (Å²) < 4.78 is 0.295. The Balaban J connectivity index is 1.56. The van der Waals surface area contributed by atoms with E-state index >= 15 is 0 Å². The number of aromatic nitrogens is 2. The number of hydrogen-bond acceptors (Lipinski definition) is 4. The molecule has 0 aliphatic heterocycles. The van der Waals surface area contributed by atoms with Crippen molar-refractivity contribution < 1.29 is 24.3 Å². The normalized spacial score (nSPS) is 13.8. The number of amides is 1. The predicted octanol–water partition coefficient (Wildman–Crippen LogP) is 1.45. The first kappa shape index (κ1) is 22.4. The number of aromatic hydroxyl groups is 1. The minimum atomic E-state index is -1.33. The number of quaternary nitrogens is 1. The van der Waals surface area contributed by atoms with E-state index in [-0.39, 0.29) is 18.1 Å². The SMILES string of the molecule is C[N+](C)(C)C(Cc1c[nH]c2c(O)cccc12)C(=O)NC(Cc1cc2ccccc2[nH]1)C(=O)[O-]. The molecule has 8 heteroatoms. The van der Waals surface area contributed by atoms with Crippen LogP contribution in [0, 0.1) is 0 Å². The smallest absolute Gasteiger partial charge is 0.279 e. The number of fused-ring (bicyclic) bond motifs is 2. The molecule has 2 heterocycles. The van der Waals surface area contributed by atoms with Gasteiger partial charge in [-0.15, -0.1) is 0 Å². The molecule has 0 bridgehead atoms. The number of nitrogens with zero attached hydrogens (tertiary/aromatic N) is 1. The molecule has 0 spiro atoms. The van der Waals surface area contributed by atoms with Crippen LogP contribution in [0.3, 0.4) is 0 Å². The van der Waals surface area contributed by atoms with Crippen LogP contribution in [0.4, 0.5) is 0 Å². The highest BCUT2D eigenvalue weighted by atomic mass is 16.4. The van der Waals surface area contributed by atoms with Gasteiger partial charge in [-0.05, 0) is 29.1 Å². The second kappa shape index (κ2) is 8.63. The zero-order valence-corrected chi connectivity index (χ0v) is 18.9. The number of nitrogens with one attached hydrogen (secondary N) is 3. The molecule has 1 amide bonds. The van der Waals surface area contributed by atoms with Gasteiger partial charge in [-0.25, -0.2) is 0 Å². The minimum Gasteiger partial charge on any atom is -0.548 e. The molecule has 0 fully saturated rings. The lowest BCUT2D eigenvalue weighted by Crippen LogP contribution is -2.59. The Labute approximate surface area is 191 Å². The molecule has 172 valence electrons. The van der Waals surface area contributed by atoms with Gasteiger partial charge < -0.3 is 34.8 Å². The maximum Gasteiger partial charge on any atom is 0.279 e. The number of rotatable bonds is 8. The van der Waals surface area contributed by atoms with Crippen LogP contribution in [0.15, 0.2) is 54.7 Å². The van der Waals surface area contributed by atoms with Gasteiger partial charge in [0.15, 0.2) is 6.04 Å². The summed E-state index contributed by atoms with van der Waals surface area (Å²) in [6.45, 7) is 0. The van der Waals surface area contributed by atoms with Crippen molar-refractivity contribution in [2.75, 3.05) is 21.1 Å². The number of carbonyl (C=O) groups excluding carboxylic acids is 2. The maximum atomic E-state index is 13.3. The van der Waals surface area contributed by atoms with Crippen LogP contribution < -0.4 is 10.4 Å². The van der Waals surface area contributed by atoms with Gasteiger partial charge in [0.25, 0.3) is 5.91 Å². The Morgan fingerprint density at radius 3 is 2.55 bits per heavy atom. The number of para-hydroxylation sites is 2. The summed E-state index contributed by atoms with van der Waals surface area (Å²) in [5, 5.41) is 26.4. The summed E-state index contributed by atoms with van der Waals surface area (Å²) in [5.41, 5.74) is 3.09. The molecule has 33 heavy (non-hydrogen) atoms. The van der Waals surface area contributed by atoms with Crippen LogP contribution in [-0.4, -0.2) is 64.7 Å². The third-order valence-electron chi connectivity index (χ3n) is 6.04. The van der Waals surface area contributed by atoms with Gasteiger partial charge in [0.05, 0.1) is 38.7 Å². The number of hydrogen-bond donors (Lipinski definition) is 4. The maximum absolute atomic E-state index is 13.3. The molecule has 2 atom stereocenters. The van der Waals surface area contributed by atoms with E-state index in [0.29, 0.717) is 22.1 Å². The molecule has 4 aromatic rings. The summed E-state index contributed by atoms with van der Waals surface area (Å²) in [6.07, 6.45) is 2.24. The summed E-state index contributed by atoms with van der Waals surface area (Å²) >= 11 is 0. The molecule has 0 radical (unpaired) electrons. The fourth-order valence-corrected chi connectivity index (χ4v) is 4.22.